The lowest BCUT2D eigenvalue weighted by Gasteiger charge is -2.16. The number of aliphatic hydroxyl groups excluding tert-OH is 1. The number of phenols is 1. The first-order valence-corrected chi connectivity index (χ1v) is 4.70. The average molecular weight is 194 g/mol. The van der Waals surface area contributed by atoms with Gasteiger partial charge in [0.1, 0.15) is 11.5 Å². The van der Waals surface area contributed by atoms with Gasteiger partial charge in [0.25, 0.3) is 0 Å². The van der Waals surface area contributed by atoms with Crippen LogP contribution in [0.4, 0.5) is 0 Å². The summed E-state index contributed by atoms with van der Waals surface area (Å²) in [6.45, 7) is 0.147. The van der Waals surface area contributed by atoms with E-state index in [2.05, 4.69) is 0 Å². The highest BCUT2D eigenvalue weighted by atomic mass is 16.5. The molecule has 0 aliphatic heterocycles. The lowest BCUT2D eigenvalue weighted by molar-refractivity contribution is 0.251. The van der Waals surface area contributed by atoms with Gasteiger partial charge in [-0.2, -0.15) is 0 Å². The topological polar surface area (TPSA) is 49.7 Å². The normalized spacial score (nSPS) is 17.9. The summed E-state index contributed by atoms with van der Waals surface area (Å²) in [4.78, 5) is 0. The third kappa shape index (κ3) is 1.34. The summed E-state index contributed by atoms with van der Waals surface area (Å²) in [6, 6.07) is 5.05. The largest absolute Gasteiger partial charge is 0.508 e. The van der Waals surface area contributed by atoms with E-state index in [9.17, 15) is 10.2 Å². The second-order valence-corrected chi connectivity index (χ2v) is 3.82. The summed E-state index contributed by atoms with van der Waals surface area (Å²) in [7, 11) is 1.58. The molecule has 76 valence electrons. The van der Waals surface area contributed by atoms with Crippen molar-refractivity contribution in [2.45, 2.75) is 18.3 Å². The van der Waals surface area contributed by atoms with E-state index in [-0.39, 0.29) is 17.8 Å². The highest BCUT2D eigenvalue weighted by Crippen LogP contribution is 2.51. The molecule has 3 heteroatoms. The van der Waals surface area contributed by atoms with Crippen LogP contribution in [0.15, 0.2) is 18.2 Å². The average Bonchev–Trinajstić information content (AvgIpc) is 2.98. The molecule has 0 spiro atoms. The van der Waals surface area contributed by atoms with E-state index in [1.54, 1.807) is 19.2 Å². The molecule has 1 aromatic rings. The van der Waals surface area contributed by atoms with Crippen molar-refractivity contribution < 1.29 is 14.9 Å². The molecule has 0 atom stereocenters. The Morgan fingerprint density at radius 3 is 2.64 bits per heavy atom. The van der Waals surface area contributed by atoms with E-state index < -0.39 is 0 Å². The second kappa shape index (κ2) is 3.17. The molecule has 1 aliphatic carbocycles. The Morgan fingerprint density at radius 2 is 2.14 bits per heavy atom. The van der Waals surface area contributed by atoms with Crippen LogP contribution >= 0.6 is 0 Å². The van der Waals surface area contributed by atoms with Gasteiger partial charge in [-0.1, -0.05) is 6.07 Å². The van der Waals surface area contributed by atoms with E-state index in [4.69, 9.17) is 4.74 Å². The first-order chi connectivity index (χ1) is 6.72. The summed E-state index contributed by atoms with van der Waals surface area (Å²) >= 11 is 0. The van der Waals surface area contributed by atoms with Crippen molar-refractivity contribution in [3.05, 3.63) is 23.8 Å². The predicted octanol–water partition coefficient (Wildman–Crippen LogP) is 1.42. The number of aliphatic hydroxyl groups is 1. The Kier molecular flexibility index (Phi) is 2.11. The molecule has 3 nitrogen and oxygen atoms in total. The van der Waals surface area contributed by atoms with Gasteiger partial charge in [0, 0.05) is 17.0 Å². The summed E-state index contributed by atoms with van der Waals surface area (Å²) in [5, 5.41) is 18.6. The van der Waals surface area contributed by atoms with Crippen molar-refractivity contribution in [1.82, 2.24) is 0 Å². The summed E-state index contributed by atoms with van der Waals surface area (Å²) in [5.74, 6) is 0.857. The Balaban J connectivity index is 2.42. The molecule has 1 saturated carbocycles. The van der Waals surface area contributed by atoms with E-state index >= 15 is 0 Å². The first kappa shape index (κ1) is 9.34. The van der Waals surface area contributed by atoms with Crippen LogP contribution in [0.25, 0.3) is 0 Å². The standard InChI is InChI=1S/C11H14O3/c1-14-10-6-8(13)2-3-9(10)11(7-12)4-5-11/h2-3,6,12-13H,4-5,7H2,1H3. The first-order valence-electron chi connectivity index (χ1n) is 4.70. The summed E-state index contributed by atoms with van der Waals surface area (Å²) in [6.07, 6.45) is 1.98. The minimum absolute atomic E-state index is 0.112. The van der Waals surface area contributed by atoms with Gasteiger partial charge in [-0.25, -0.2) is 0 Å². The molecular formula is C11H14O3. The molecule has 0 saturated heterocycles. The number of phenolic OH excluding ortho intramolecular Hbond substituents is 1. The van der Waals surface area contributed by atoms with Crippen LogP contribution in [0.5, 0.6) is 11.5 Å². The SMILES string of the molecule is COc1cc(O)ccc1C1(CO)CC1. The second-order valence-electron chi connectivity index (χ2n) is 3.82. The fourth-order valence-corrected chi connectivity index (χ4v) is 1.78. The number of aromatic hydroxyl groups is 1. The van der Waals surface area contributed by atoms with E-state index in [0.29, 0.717) is 5.75 Å². The minimum atomic E-state index is -0.112. The minimum Gasteiger partial charge on any atom is -0.508 e. The molecule has 0 heterocycles. The zero-order chi connectivity index (χ0) is 10.2. The maximum atomic E-state index is 9.28. The number of hydrogen-bond acceptors (Lipinski definition) is 3. The fraction of sp³-hybridized carbons (Fsp3) is 0.455. The van der Waals surface area contributed by atoms with Gasteiger partial charge in [0.15, 0.2) is 0 Å². The molecule has 1 aliphatic rings. The van der Waals surface area contributed by atoms with Gasteiger partial charge in [0.2, 0.25) is 0 Å². The molecule has 0 unspecified atom stereocenters. The van der Waals surface area contributed by atoms with E-state index in [1.807, 2.05) is 6.07 Å². The zero-order valence-corrected chi connectivity index (χ0v) is 8.16. The number of ether oxygens (including phenoxy) is 1. The monoisotopic (exact) mass is 194 g/mol. The van der Waals surface area contributed by atoms with Crippen LogP contribution in [0.1, 0.15) is 18.4 Å². The molecule has 1 fully saturated rings. The highest BCUT2D eigenvalue weighted by Gasteiger charge is 2.45. The van der Waals surface area contributed by atoms with Crippen molar-refractivity contribution in [1.29, 1.82) is 0 Å². The summed E-state index contributed by atoms with van der Waals surface area (Å²) in [5.41, 5.74) is 0.888. The number of rotatable bonds is 3. The molecule has 0 radical (unpaired) electrons. The van der Waals surface area contributed by atoms with Gasteiger partial charge in [-0.3, -0.25) is 0 Å². The maximum Gasteiger partial charge on any atom is 0.126 e. The number of methoxy groups -OCH3 is 1. The van der Waals surface area contributed by atoms with Gasteiger partial charge in [-0.15, -0.1) is 0 Å². The van der Waals surface area contributed by atoms with Crippen LogP contribution in [0, 0.1) is 0 Å². The zero-order valence-electron chi connectivity index (χ0n) is 8.16. The van der Waals surface area contributed by atoms with Gasteiger partial charge >= 0.3 is 0 Å². The number of hydrogen-bond donors (Lipinski definition) is 2. The molecule has 14 heavy (non-hydrogen) atoms. The Hall–Kier alpha value is -1.22. The third-order valence-electron chi connectivity index (χ3n) is 2.91. The van der Waals surface area contributed by atoms with E-state index in [1.165, 1.54) is 0 Å². The van der Waals surface area contributed by atoms with Crippen LogP contribution in [0.3, 0.4) is 0 Å². The number of benzene rings is 1. The van der Waals surface area contributed by atoms with Crippen molar-refractivity contribution in [3.63, 3.8) is 0 Å². The Labute approximate surface area is 83.0 Å². The quantitative estimate of drug-likeness (QED) is 0.765. The maximum absolute atomic E-state index is 9.28. The lowest BCUT2D eigenvalue weighted by atomic mass is 9.96. The van der Waals surface area contributed by atoms with Gasteiger partial charge in [-0.05, 0) is 18.9 Å². The molecular weight excluding hydrogens is 180 g/mol. The van der Waals surface area contributed by atoms with E-state index in [0.717, 1.165) is 18.4 Å². The van der Waals surface area contributed by atoms with Crippen molar-refractivity contribution in [3.8, 4) is 11.5 Å². The molecule has 2 N–H and O–H groups in total. The Morgan fingerprint density at radius 1 is 1.43 bits per heavy atom. The fourth-order valence-electron chi connectivity index (χ4n) is 1.78. The van der Waals surface area contributed by atoms with Crippen molar-refractivity contribution in [2.24, 2.45) is 0 Å². The molecule has 0 amide bonds. The smallest absolute Gasteiger partial charge is 0.126 e. The molecule has 0 bridgehead atoms. The third-order valence-corrected chi connectivity index (χ3v) is 2.91. The molecule has 2 rings (SSSR count). The van der Waals surface area contributed by atoms with Crippen LogP contribution in [-0.4, -0.2) is 23.9 Å². The molecule has 0 aromatic heterocycles. The predicted molar refractivity (Wildman–Crippen MR) is 52.7 cm³/mol. The van der Waals surface area contributed by atoms with Gasteiger partial charge in [0.05, 0.1) is 13.7 Å². The van der Waals surface area contributed by atoms with Crippen molar-refractivity contribution >= 4 is 0 Å². The van der Waals surface area contributed by atoms with Crippen LogP contribution in [-0.2, 0) is 5.41 Å². The highest BCUT2D eigenvalue weighted by molar-refractivity contribution is 5.47. The van der Waals surface area contributed by atoms with Crippen LogP contribution in [0.2, 0.25) is 0 Å². The van der Waals surface area contributed by atoms with Crippen LogP contribution < -0.4 is 4.74 Å². The Bertz CT molecular complexity index is 342. The molecule has 1 aromatic carbocycles. The summed E-state index contributed by atoms with van der Waals surface area (Å²) < 4.78 is 5.18. The van der Waals surface area contributed by atoms with Crippen molar-refractivity contribution in [2.75, 3.05) is 13.7 Å². The van der Waals surface area contributed by atoms with Gasteiger partial charge < -0.3 is 14.9 Å². The lowest BCUT2D eigenvalue weighted by Crippen LogP contribution is -2.13.